The van der Waals surface area contributed by atoms with Crippen molar-refractivity contribution >= 4 is 43.6 Å². The maximum Gasteiger partial charge on any atom is 0.104 e. The standard InChI is InChI=1S/C46H36N4/c1-4-15-31(16-5-1)40-29-41(32-17-6-2-7-18-32)48-46(47-40)33-19-14-22-35(27-33)50-43-26-13-11-24-37(43)39-28-38-36-23-10-12-25-42(36)49(44(38)30-45(39)50)34-20-8-3-9-21-34/h1-6,8-17,19-30,40,46-48H,7,18H2. The van der Waals surface area contributed by atoms with E-state index in [2.05, 4.69) is 190 Å². The molecule has 0 saturated heterocycles. The quantitative estimate of drug-likeness (QED) is 0.195. The van der Waals surface area contributed by atoms with Gasteiger partial charge in [-0.25, -0.2) is 0 Å². The maximum absolute atomic E-state index is 3.92. The van der Waals surface area contributed by atoms with E-state index in [0.29, 0.717) is 0 Å². The molecule has 0 amide bonds. The van der Waals surface area contributed by atoms with Gasteiger partial charge < -0.3 is 14.5 Å². The molecule has 2 N–H and O–H groups in total. The second kappa shape index (κ2) is 11.8. The van der Waals surface area contributed by atoms with Gasteiger partial charge in [0.25, 0.3) is 0 Å². The summed E-state index contributed by atoms with van der Waals surface area (Å²) in [6, 6.07) is 53.0. The van der Waals surface area contributed by atoms with E-state index in [-0.39, 0.29) is 12.2 Å². The molecule has 0 bridgehead atoms. The van der Waals surface area contributed by atoms with Crippen LogP contribution in [0.25, 0.3) is 55.0 Å². The lowest BCUT2D eigenvalue weighted by atomic mass is 9.95. The average Bonchev–Trinajstić information content (AvgIpc) is 3.70. The van der Waals surface area contributed by atoms with E-state index in [9.17, 15) is 0 Å². The molecule has 0 saturated carbocycles. The van der Waals surface area contributed by atoms with Crippen LogP contribution in [0.4, 0.5) is 0 Å². The lowest BCUT2D eigenvalue weighted by Gasteiger charge is -2.34. The van der Waals surface area contributed by atoms with Gasteiger partial charge in [-0.05, 0) is 84.1 Å². The van der Waals surface area contributed by atoms with Crippen LogP contribution in [0.15, 0.2) is 181 Å². The predicted molar refractivity (Wildman–Crippen MR) is 208 cm³/mol. The van der Waals surface area contributed by atoms with Gasteiger partial charge >= 0.3 is 0 Å². The summed E-state index contributed by atoms with van der Waals surface area (Å²) in [5.74, 6) is 0. The van der Waals surface area contributed by atoms with Crippen molar-refractivity contribution in [2.75, 3.05) is 0 Å². The number of rotatable bonds is 5. The van der Waals surface area contributed by atoms with Gasteiger partial charge in [0.15, 0.2) is 0 Å². The summed E-state index contributed by atoms with van der Waals surface area (Å²) in [7, 11) is 0. The van der Waals surface area contributed by atoms with Crippen LogP contribution in [-0.2, 0) is 0 Å². The van der Waals surface area contributed by atoms with Crippen molar-refractivity contribution in [2.24, 2.45) is 0 Å². The number of nitrogens with one attached hydrogen (secondary N) is 2. The summed E-state index contributed by atoms with van der Waals surface area (Å²) in [5, 5.41) is 12.9. The molecular formula is C46H36N4. The fourth-order valence-corrected chi connectivity index (χ4v) is 8.11. The molecule has 4 nitrogen and oxygen atoms in total. The Morgan fingerprint density at radius 1 is 0.520 bits per heavy atom. The van der Waals surface area contributed by atoms with Gasteiger partial charge in [-0.3, -0.25) is 5.32 Å². The van der Waals surface area contributed by atoms with Gasteiger partial charge in [-0.1, -0.05) is 115 Å². The predicted octanol–water partition coefficient (Wildman–Crippen LogP) is 11.0. The first-order valence-electron chi connectivity index (χ1n) is 17.6. The summed E-state index contributed by atoms with van der Waals surface area (Å²) in [4.78, 5) is 0. The van der Waals surface area contributed by atoms with E-state index in [4.69, 9.17) is 0 Å². The number of benzene rings is 6. The van der Waals surface area contributed by atoms with Gasteiger partial charge in [0, 0.05) is 38.6 Å². The van der Waals surface area contributed by atoms with Gasteiger partial charge in [0.2, 0.25) is 0 Å². The van der Waals surface area contributed by atoms with E-state index >= 15 is 0 Å². The van der Waals surface area contributed by atoms with Crippen molar-refractivity contribution in [1.82, 2.24) is 19.8 Å². The smallest absolute Gasteiger partial charge is 0.104 e. The summed E-state index contributed by atoms with van der Waals surface area (Å²) < 4.78 is 4.86. The zero-order valence-electron chi connectivity index (χ0n) is 27.6. The monoisotopic (exact) mass is 644 g/mol. The molecule has 1 aliphatic heterocycles. The van der Waals surface area contributed by atoms with E-state index < -0.39 is 0 Å². The van der Waals surface area contributed by atoms with Gasteiger partial charge in [0.05, 0.1) is 28.1 Å². The number of aromatic nitrogens is 2. The second-order valence-electron chi connectivity index (χ2n) is 13.4. The van der Waals surface area contributed by atoms with Crippen molar-refractivity contribution in [3.63, 3.8) is 0 Å². The zero-order chi connectivity index (χ0) is 33.0. The Bertz CT molecular complexity index is 2650. The summed E-state index contributed by atoms with van der Waals surface area (Å²) >= 11 is 0. The van der Waals surface area contributed by atoms with Crippen LogP contribution >= 0.6 is 0 Å². The highest BCUT2D eigenvalue weighted by atomic mass is 15.2. The molecule has 1 aliphatic carbocycles. The van der Waals surface area contributed by atoms with Crippen LogP contribution < -0.4 is 10.6 Å². The third-order valence-electron chi connectivity index (χ3n) is 10.4. The van der Waals surface area contributed by atoms with Crippen molar-refractivity contribution in [3.05, 3.63) is 192 Å². The molecule has 0 spiro atoms. The molecule has 2 unspecified atom stereocenters. The number of hydrogen-bond acceptors (Lipinski definition) is 2. The Balaban J connectivity index is 1.15. The summed E-state index contributed by atoms with van der Waals surface area (Å²) in [5.41, 5.74) is 12.2. The van der Waals surface area contributed by atoms with Crippen molar-refractivity contribution < 1.29 is 0 Å². The van der Waals surface area contributed by atoms with Gasteiger partial charge in [-0.2, -0.15) is 0 Å². The number of hydrogen-bond donors (Lipinski definition) is 2. The lowest BCUT2D eigenvalue weighted by molar-refractivity contribution is 0.418. The molecule has 4 heteroatoms. The minimum Gasteiger partial charge on any atom is -0.366 e. The summed E-state index contributed by atoms with van der Waals surface area (Å²) in [6.07, 6.45) is 11.1. The highest BCUT2D eigenvalue weighted by Crippen LogP contribution is 2.40. The summed E-state index contributed by atoms with van der Waals surface area (Å²) in [6.45, 7) is 0. The van der Waals surface area contributed by atoms with Crippen molar-refractivity contribution in [1.29, 1.82) is 0 Å². The molecule has 50 heavy (non-hydrogen) atoms. The van der Waals surface area contributed by atoms with Gasteiger partial charge in [0.1, 0.15) is 6.17 Å². The molecule has 3 heterocycles. The van der Waals surface area contributed by atoms with Crippen molar-refractivity contribution in [3.8, 4) is 11.4 Å². The minimum absolute atomic E-state index is 0.0626. The molecular weight excluding hydrogens is 609 g/mol. The Morgan fingerprint density at radius 3 is 1.84 bits per heavy atom. The maximum atomic E-state index is 3.92. The molecule has 0 fully saturated rings. The van der Waals surface area contributed by atoms with E-state index in [1.807, 2.05) is 0 Å². The van der Waals surface area contributed by atoms with Crippen LogP contribution in [0.2, 0.25) is 0 Å². The fourth-order valence-electron chi connectivity index (χ4n) is 8.11. The molecule has 6 aromatic carbocycles. The molecule has 2 aliphatic rings. The Labute approximate surface area is 291 Å². The molecule has 10 rings (SSSR count). The second-order valence-corrected chi connectivity index (χ2v) is 13.4. The van der Waals surface area contributed by atoms with Crippen molar-refractivity contribution in [2.45, 2.75) is 25.0 Å². The third kappa shape index (κ3) is 4.72. The van der Waals surface area contributed by atoms with E-state index in [0.717, 1.165) is 24.2 Å². The average molecular weight is 645 g/mol. The molecule has 2 aromatic heterocycles. The SMILES string of the molecule is C1=CCCC(C2=CC(c3ccccc3)NC(c3cccc(-n4c5ccccc5c5cc6c7ccccc7n(-c7ccccc7)c6cc54)c3)N2)=C1. The van der Waals surface area contributed by atoms with Crippen LogP contribution in [-0.4, -0.2) is 9.13 Å². The van der Waals surface area contributed by atoms with E-state index in [1.54, 1.807) is 0 Å². The highest BCUT2D eigenvalue weighted by molar-refractivity contribution is 6.19. The first-order chi connectivity index (χ1) is 24.8. The first kappa shape index (κ1) is 28.9. The normalized spacial score (nSPS) is 17.7. The third-order valence-corrected chi connectivity index (χ3v) is 10.4. The fraction of sp³-hybridized carbons (Fsp3) is 0.0870. The lowest BCUT2D eigenvalue weighted by Crippen LogP contribution is -2.40. The van der Waals surface area contributed by atoms with Crippen LogP contribution in [0.1, 0.15) is 36.2 Å². The number of allylic oxidation sites excluding steroid dienone is 4. The van der Waals surface area contributed by atoms with Crippen LogP contribution in [0.3, 0.4) is 0 Å². The highest BCUT2D eigenvalue weighted by Gasteiger charge is 2.26. The molecule has 2 atom stereocenters. The molecule has 240 valence electrons. The number of nitrogens with zero attached hydrogens (tertiary/aromatic N) is 2. The van der Waals surface area contributed by atoms with Gasteiger partial charge in [-0.15, -0.1) is 0 Å². The minimum atomic E-state index is -0.0626. The number of para-hydroxylation sites is 3. The topological polar surface area (TPSA) is 33.9 Å². The Hall–Kier alpha value is -6.10. The van der Waals surface area contributed by atoms with Crippen LogP contribution in [0, 0.1) is 0 Å². The van der Waals surface area contributed by atoms with Crippen LogP contribution in [0.5, 0.6) is 0 Å². The molecule has 0 radical (unpaired) electrons. The molecule has 8 aromatic rings. The van der Waals surface area contributed by atoms with E-state index in [1.165, 1.54) is 66.0 Å². The largest absolute Gasteiger partial charge is 0.366 e. The Kier molecular flexibility index (Phi) is 6.81. The number of fused-ring (bicyclic) bond motifs is 6. The zero-order valence-corrected chi connectivity index (χ0v) is 27.6. The first-order valence-corrected chi connectivity index (χ1v) is 17.6. The Morgan fingerprint density at radius 2 is 1.14 bits per heavy atom.